The zero-order valence-corrected chi connectivity index (χ0v) is 26.9. The Morgan fingerprint density at radius 2 is 0.900 bits per heavy atom. The number of carboxylic acid groups (broad SMARTS) is 1. The number of carbonyl (C=O) groups excluding carboxylic acids is 1. The van der Waals surface area contributed by atoms with Crippen molar-refractivity contribution >= 4 is 11.9 Å². The number of allylic oxidation sites excluding steroid dienone is 2. The molecule has 0 radical (unpaired) electrons. The molecule has 0 aliphatic heterocycles. The minimum atomic E-state index is -0.693. The quantitative estimate of drug-likeness (QED) is 0.0501. The predicted molar refractivity (Wildman–Crippen MR) is 172 cm³/mol. The average molecular weight is 565 g/mol. The van der Waals surface area contributed by atoms with Gasteiger partial charge in [-0.15, -0.1) is 0 Å². The van der Waals surface area contributed by atoms with E-state index in [1.165, 1.54) is 103 Å². The van der Waals surface area contributed by atoms with E-state index in [-0.39, 0.29) is 18.5 Å². The Balaban J connectivity index is 3.93. The van der Waals surface area contributed by atoms with Crippen molar-refractivity contribution in [1.82, 2.24) is 0 Å². The monoisotopic (exact) mass is 565 g/mol. The third-order valence-electron chi connectivity index (χ3n) is 7.99. The van der Waals surface area contributed by atoms with Crippen molar-refractivity contribution in [2.75, 3.05) is 0 Å². The van der Waals surface area contributed by atoms with E-state index in [1.54, 1.807) is 0 Å². The number of esters is 1. The molecular weight excluding hydrogens is 496 g/mol. The lowest BCUT2D eigenvalue weighted by molar-refractivity contribution is -0.150. The SMILES string of the molecule is CCCCCCCC/C=C\CCCCCCCC(=O)O[C@H](CCCCCCCC)CCCCCCCCC(=O)O. The van der Waals surface area contributed by atoms with Crippen molar-refractivity contribution in [2.24, 2.45) is 0 Å². The van der Waals surface area contributed by atoms with Crippen LogP contribution in [0.2, 0.25) is 0 Å². The van der Waals surface area contributed by atoms with Gasteiger partial charge >= 0.3 is 11.9 Å². The second-order valence-electron chi connectivity index (χ2n) is 12.1. The van der Waals surface area contributed by atoms with E-state index in [2.05, 4.69) is 26.0 Å². The minimum absolute atomic E-state index is 0.00211. The van der Waals surface area contributed by atoms with Gasteiger partial charge in [-0.25, -0.2) is 0 Å². The van der Waals surface area contributed by atoms with Crippen LogP contribution in [-0.2, 0) is 14.3 Å². The summed E-state index contributed by atoms with van der Waals surface area (Å²) in [5, 5.41) is 8.74. The largest absolute Gasteiger partial charge is 0.481 e. The van der Waals surface area contributed by atoms with E-state index in [0.717, 1.165) is 70.6 Å². The number of unbranched alkanes of at least 4 members (excludes halogenated alkanes) is 21. The highest BCUT2D eigenvalue weighted by Crippen LogP contribution is 2.18. The molecule has 0 aliphatic carbocycles. The second-order valence-corrected chi connectivity index (χ2v) is 12.1. The molecule has 0 aromatic heterocycles. The van der Waals surface area contributed by atoms with Crippen molar-refractivity contribution in [3.05, 3.63) is 12.2 Å². The molecule has 236 valence electrons. The smallest absolute Gasteiger partial charge is 0.306 e. The maximum Gasteiger partial charge on any atom is 0.306 e. The molecule has 0 aromatic rings. The maximum atomic E-state index is 12.5. The molecule has 0 unspecified atom stereocenters. The van der Waals surface area contributed by atoms with E-state index >= 15 is 0 Å². The number of hydrogen-bond acceptors (Lipinski definition) is 3. The number of aliphatic carboxylic acids is 1. The lowest BCUT2D eigenvalue weighted by Crippen LogP contribution is -2.18. The Hall–Kier alpha value is -1.32. The van der Waals surface area contributed by atoms with Crippen LogP contribution < -0.4 is 0 Å². The first-order chi connectivity index (χ1) is 19.6. The van der Waals surface area contributed by atoms with Crippen LogP contribution in [-0.4, -0.2) is 23.1 Å². The van der Waals surface area contributed by atoms with Crippen LogP contribution in [0, 0.1) is 0 Å². The Kier molecular flexibility index (Phi) is 31.1. The van der Waals surface area contributed by atoms with Crippen LogP contribution in [0.3, 0.4) is 0 Å². The summed E-state index contributed by atoms with van der Waals surface area (Å²) in [5.41, 5.74) is 0. The Labute approximate surface area is 249 Å². The molecule has 0 rings (SSSR count). The minimum Gasteiger partial charge on any atom is -0.481 e. The van der Waals surface area contributed by atoms with Gasteiger partial charge in [0, 0.05) is 12.8 Å². The van der Waals surface area contributed by atoms with Crippen LogP contribution in [0.15, 0.2) is 12.2 Å². The molecule has 1 N–H and O–H groups in total. The first-order valence-electron chi connectivity index (χ1n) is 17.7. The molecule has 0 amide bonds. The van der Waals surface area contributed by atoms with Crippen LogP contribution in [0.1, 0.15) is 200 Å². The Bertz CT molecular complexity index is 571. The molecule has 0 saturated carbocycles. The molecule has 4 heteroatoms. The predicted octanol–water partition coefficient (Wildman–Crippen LogP) is 11.9. The normalized spacial score (nSPS) is 12.2. The molecule has 0 aliphatic rings. The summed E-state index contributed by atoms with van der Waals surface area (Å²) >= 11 is 0. The highest BCUT2D eigenvalue weighted by atomic mass is 16.5. The topological polar surface area (TPSA) is 63.6 Å². The number of ether oxygens (including phenoxy) is 1. The van der Waals surface area contributed by atoms with Crippen molar-refractivity contribution in [2.45, 2.75) is 206 Å². The first kappa shape index (κ1) is 38.7. The van der Waals surface area contributed by atoms with Gasteiger partial charge in [0.2, 0.25) is 0 Å². The van der Waals surface area contributed by atoms with Gasteiger partial charge in [0.05, 0.1) is 0 Å². The summed E-state index contributed by atoms with van der Waals surface area (Å²) in [5.74, 6) is -0.691. The van der Waals surface area contributed by atoms with E-state index in [1.807, 2.05) is 0 Å². The summed E-state index contributed by atoms with van der Waals surface area (Å²) in [4.78, 5) is 23.2. The van der Waals surface area contributed by atoms with E-state index in [4.69, 9.17) is 9.84 Å². The van der Waals surface area contributed by atoms with Gasteiger partial charge in [-0.1, -0.05) is 135 Å². The number of carbonyl (C=O) groups is 2. The van der Waals surface area contributed by atoms with Crippen molar-refractivity contribution in [3.63, 3.8) is 0 Å². The summed E-state index contributed by atoms with van der Waals surface area (Å²) in [6, 6.07) is 0. The van der Waals surface area contributed by atoms with Gasteiger partial charge in [-0.05, 0) is 64.2 Å². The van der Waals surface area contributed by atoms with E-state index in [9.17, 15) is 9.59 Å². The van der Waals surface area contributed by atoms with Crippen molar-refractivity contribution < 1.29 is 19.4 Å². The fourth-order valence-corrected chi connectivity index (χ4v) is 5.35. The summed E-state index contributed by atoms with van der Waals surface area (Å²) < 4.78 is 5.96. The fraction of sp³-hybridized carbons (Fsp3) is 0.889. The van der Waals surface area contributed by atoms with Gasteiger partial charge in [-0.3, -0.25) is 9.59 Å². The molecule has 0 fully saturated rings. The van der Waals surface area contributed by atoms with Crippen LogP contribution in [0.5, 0.6) is 0 Å². The van der Waals surface area contributed by atoms with E-state index in [0.29, 0.717) is 6.42 Å². The molecule has 0 heterocycles. The number of carboxylic acids is 1. The third kappa shape index (κ3) is 31.2. The highest BCUT2D eigenvalue weighted by molar-refractivity contribution is 5.69. The van der Waals surface area contributed by atoms with Gasteiger partial charge < -0.3 is 9.84 Å². The third-order valence-corrected chi connectivity index (χ3v) is 7.99. The van der Waals surface area contributed by atoms with E-state index < -0.39 is 5.97 Å². The molecule has 0 aromatic carbocycles. The Morgan fingerprint density at radius 1 is 0.525 bits per heavy atom. The van der Waals surface area contributed by atoms with Crippen LogP contribution in [0.4, 0.5) is 0 Å². The summed E-state index contributed by atoms with van der Waals surface area (Å²) in [6.45, 7) is 4.52. The lowest BCUT2D eigenvalue weighted by Gasteiger charge is -2.18. The summed E-state index contributed by atoms with van der Waals surface area (Å²) in [6.07, 6.45) is 38.0. The number of rotatable bonds is 32. The van der Waals surface area contributed by atoms with Gasteiger partial charge in [0.1, 0.15) is 6.10 Å². The molecule has 0 saturated heterocycles. The Morgan fingerprint density at radius 3 is 1.35 bits per heavy atom. The molecular formula is C36H68O4. The fourth-order valence-electron chi connectivity index (χ4n) is 5.35. The van der Waals surface area contributed by atoms with Crippen molar-refractivity contribution in [1.29, 1.82) is 0 Å². The molecule has 1 atom stereocenters. The van der Waals surface area contributed by atoms with Gasteiger partial charge in [-0.2, -0.15) is 0 Å². The first-order valence-corrected chi connectivity index (χ1v) is 17.7. The molecule has 4 nitrogen and oxygen atoms in total. The number of hydrogen-bond donors (Lipinski definition) is 1. The van der Waals surface area contributed by atoms with Gasteiger partial charge in [0.15, 0.2) is 0 Å². The van der Waals surface area contributed by atoms with Crippen LogP contribution >= 0.6 is 0 Å². The average Bonchev–Trinajstić information content (AvgIpc) is 2.93. The van der Waals surface area contributed by atoms with Crippen LogP contribution in [0.25, 0.3) is 0 Å². The molecule has 0 bridgehead atoms. The molecule has 0 spiro atoms. The lowest BCUT2D eigenvalue weighted by atomic mass is 10.0. The second kappa shape index (κ2) is 32.2. The van der Waals surface area contributed by atoms with Crippen molar-refractivity contribution in [3.8, 4) is 0 Å². The maximum absolute atomic E-state index is 12.5. The zero-order chi connectivity index (χ0) is 29.4. The summed E-state index contributed by atoms with van der Waals surface area (Å²) in [7, 11) is 0. The highest BCUT2D eigenvalue weighted by Gasteiger charge is 2.14. The standard InChI is InChI=1S/C36H68O4/c1-3-5-7-9-11-12-13-14-15-16-17-18-19-25-29-33-36(39)40-34(30-26-22-10-8-6-4-2)31-27-23-20-21-24-28-32-35(37)38/h14-15,34H,3-13,16-33H2,1-2H3,(H,37,38)/b15-14-/t34-/m1/s1. The van der Waals surface area contributed by atoms with Gasteiger partial charge in [0.25, 0.3) is 0 Å². The molecule has 40 heavy (non-hydrogen) atoms. The zero-order valence-electron chi connectivity index (χ0n) is 26.9.